The molecular formula is C21H23ClN4O3S. The summed E-state index contributed by atoms with van der Waals surface area (Å²) in [5.74, 6) is 1.52. The van der Waals surface area contributed by atoms with Crippen LogP contribution in [0.15, 0.2) is 81.2 Å². The molecule has 0 bridgehead atoms. The minimum Gasteiger partial charge on any atom is -0.469 e. The first-order chi connectivity index (χ1) is 14.4. The zero-order chi connectivity index (χ0) is 21.4. The first kappa shape index (κ1) is 21.9. The van der Waals surface area contributed by atoms with Gasteiger partial charge in [0, 0.05) is 24.5 Å². The number of aliphatic imine (C=N–C) groups is 1. The van der Waals surface area contributed by atoms with Gasteiger partial charge in [-0.1, -0.05) is 35.9 Å². The van der Waals surface area contributed by atoms with Crippen LogP contribution >= 0.6 is 11.6 Å². The molecule has 0 fully saturated rings. The van der Waals surface area contributed by atoms with Gasteiger partial charge in [0.05, 0.1) is 17.7 Å². The molecule has 0 saturated heterocycles. The number of rotatable bonds is 8. The van der Waals surface area contributed by atoms with Crippen LogP contribution in [-0.2, 0) is 29.5 Å². The Morgan fingerprint density at radius 2 is 1.70 bits per heavy atom. The van der Waals surface area contributed by atoms with E-state index in [9.17, 15) is 8.42 Å². The standard InChI is InChI=1S/C21H23ClN4O3S/c22-18-7-3-16(4-8-18)14-25-21(24-12-11-19-2-1-13-29-19)26-15-17-5-9-20(10-6-17)30(23,27)28/h1-10,13H,11-12,14-15H2,(H2,23,27,28)(H2,24,25,26). The summed E-state index contributed by atoms with van der Waals surface area (Å²) in [6, 6.07) is 17.7. The molecule has 0 amide bonds. The molecule has 2 aromatic carbocycles. The molecule has 0 unspecified atom stereocenters. The second-order valence-corrected chi connectivity index (χ2v) is 8.59. The molecule has 7 nitrogen and oxygen atoms in total. The lowest BCUT2D eigenvalue weighted by atomic mass is 10.2. The molecular weight excluding hydrogens is 424 g/mol. The molecule has 30 heavy (non-hydrogen) atoms. The summed E-state index contributed by atoms with van der Waals surface area (Å²) in [5, 5.41) is 12.4. The summed E-state index contributed by atoms with van der Waals surface area (Å²) in [4.78, 5) is 4.70. The number of primary sulfonamides is 1. The number of furan rings is 1. The average molecular weight is 447 g/mol. The van der Waals surface area contributed by atoms with E-state index in [1.165, 1.54) is 12.1 Å². The summed E-state index contributed by atoms with van der Waals surface area (Å²) in [5.41, 5.74) is 1.93. The smallest absolute Gasteiger partial charge is 0.238 e. The van der Waals surface area contributed by atoms with Crippen LogP contribution in [0.3, 0.4) is 0 Å². The predicted molar refractivity (Wildman–Crippen MR) is 118 cm³/mol. The van der Waals surface area contributed by atoms with E-state index in [4.69, 9.17) is 21.2 Å². The van der Waals surface area contributed by atoms with E-state index in [-0.39, 0.29) is 4.90 Å². The molecule has 1 heterocycles. The van der Waals surface area contributed by atoms with E-state index in [1.807, 2.05) is 36.4 Å². The van der Waals surface area contributed by atoms with Gasteiger partial charge in [0.2, 0.25) is 10.0 Å². The highest BCUT2D eigenvalue weighted by molar-refractivity contribution is 7.89. The normalized spacial score (nSPS) is 12.0. The molecule has 3 rings (SSSR count). The number of benzene rings is 2. The summed E-state index contributed by atoms with van der Waals surface area (Å²) < 4.78 is 28.1. The minimum absolute atomic E-state index is 0.0828. The molecule has 0 saturated carbocycles. The van der Waals surface area contributed by atoms with Gasteiger partial charge in [-0.3, -0.25) is 0 Å². The highest BCUT2D eigenvalue weighted by atomic mass is 35.5. The number of nitrogens with one attached hydrogen (secondary N) is 2. The third-order valence-corrected chi connectivity index (χ3v) is 5.47. The summed E-state index contributed by atoms with van der Waals surface area (Å²) in [6.07, 6.45) is 2.37. The molecule has 3 aromatic rings. The van der Waals surface area contributed by atoms with Gasteiger partial charge in [0.1, 0.15) is 5.76 Å². The number of sulfonamides is 1. The highest BCUT2D eigenvalue weighted by Gasteiger charge is 2.07. The maximum Gasteiger partial charge on any atom is 0.238 e. The first-order valence-electron chi connectivity index (χ1n) is 9.31. The quantitative estimate of drug-likeness (QED) is 0.364. The molecule has 0 spiro atoms. The van der Waals surface area contributed by atoms with Crippen molar-refractivity contribution >= 4 is 27.6 Å². The number of hydrogen-bond donors (Lipinski definition) is 3. The first-order valence-corrected chi connectivity index (χ1v) is 11.2. The second kappa shape index (κ2) is 10.3. The molecule has 0 radical (unpaired) electrons. The molecule has 0 aliphatic rings. The van der Waals surface area contributed by atoms with Crippen LogP contribution in [0.4, 0.5) is 0 Å². The third-order valence-electron chi connectivity index (χ3n) is 4.29. The van der Waals surface area contributed by atoms with Crippen LogP contribution in [0.25, 0.3) is 0 Å². The van der Waals surface area contributed by atoms with Crippen LogP contribution in [-0.4, -0.2) is 20.9 Å². The van der Waals surface area contributed by atoms with Crippen molar-refractivity contribution in [3.8, 4) is 0 Å². The zero-order valence-electron chi connectivity index (χ0n) is 16.2. The van der Waals surface area contributed by atoms with Crippen molar-refractivity contribution in [2.75, 3.05) is 6.54 Å². The van der Waals surface area contributed by atoms with Gasteiger partial charge in [-0.2, -0.15) is 0 Å². The Morgan fingerprint density at radius 1 is 1.00 bits per heavy atom. The van der Waals surface area contributed by atoms with Crippen molar-refractivity contribution in [2.45, 2.75) is 24.4 Å². The van der Waals surface area contributed by atoms with E-state index in [0.717, 1.165) is 23.3 Å². The lowest BCUT2D eigenvalue weighted by molar-refractivity contribution is 0.506. The Hall–Kier alpha value is -2.81. The van der Waals surface area contributed by atoms with E-state index in [0.29, 0.717) is 30.6 Å². The molecule has 0 aliphatic carbocycles. The van der Waals surface area contributed by atoms with Gasteiger partial charge >= 0.3 is 0 Å². The van der Waals surface area contributed by atoms with Gasteiger partial charge in [-0.25, -0.2) is 18.5 Å². The summed E-state index contributed by atoms with van der Waals surface area (Å²) >= 11 is 5.93. The van der Waals surface area contributed by atoms with Crippen LogP contribution in [0.2, 0.25) is 5.02 Å². The lowest BCUT2D eigenvalue weighted by Gasteiger charge is -2.13. The van der Waals surface area contributed by atoms with Gasteiger partial charge in [-0.05, 0) is 47.5 Å². The fourth-order valence-electron chi connectivity index (χ4n) is 2.68. The number of guanidine groups is 1. The third kappa shape index (κ3) is 6.91. The average Bonchev–Trinajstić information content (AvgIpc) is 3.24. The number of nitrogens with two attached hydrogens (primary N) is 1. The van der Waals surface area contributed by atoms with Crippen molar-refractivity contribution in [1.29, 1.82) is 0 Å². The van der Waals surface area contributed by atoms with Crippen molar-refractivity contribution < 1.29 is 12.8 Å². The number of hydrogen-bond acceptors (Lipinski definition) is 4. The van der Waals surface area contributed by atoms with E-state index in [1.54, 1.807) is 18.4 Å². The lowest BCUT2D eigenvalue weighted by Crippen LogP contribution is -2.38. The maximum absolute atomic E-state index is 11.4. The molecule has 0 aliphatic heterocycles. The van der Waals surface area contributed by atoms with Crippen molar-refractivity contribution in [2.24, 2.45) is 10.1 Å². The highest BCUT2D eigenvalue weighted by Crippen LogP contribution is 2.11. The Kier molecular flexibility index (Phi) is 7.51. The molecule has 9 heteroatoms. The summed E-state index contributed by atoms with van der Waals surface area (Å²) in [6.45, 7) is 1.60. The van der Waals surface area contributed by atoms with Crippen LogP contribution in [0.1, 0.15) is 16.9 Å². The molecule has 158 valence electrons. The zero-order valence-corrected chi connectivity index (χ0v) is 17.8. The van der Waals surface area contributed by atoms with E-state index >= 15 is 0 Å². The van der Waals surface area contributed by atoms with Crippen LogP contribution in [0.5, 0.6) is 0 Å². The van der Waals surface area contributed by atoms with Gasteiger partial charge in [-0.15, -0.1) is 0 Å². The monoisotopic (exact) mass is 446 g/mol. The van der Waals surface area contributed by atoms with Crippen molar-refractivity contribution in [1.82, 2.24) is 10.6 Å². The van der Waals surface area contributed by atoms with E-state index < -0.39 is 10.0 Å². The Bertz CT molecular complexity index is 1060. The fraction of sp³-hybridized carbons (Fsp3) is 0.190. The Labute approximate surface area is 181 Å². The van der Waals surface area contributed by atoms with Crippen LogP contribution < -0.4 is 15.8 Å². The number of halogens is 1. The fourth-order valence-corrected chi connectivity index (χ4v) is 3.32. The van der Waals surface area contributed by atoms with Gasteiger partial charge < -0.3 is 15.1 Å². The van der Waals surface area contributed by atoms with Crippen molar-refractivity contribution in [3.05, 3.63) is 88.8 Å². The second-order valence-electron chi connectivity index (χ2n) is 6.59. The minimum atomic E-state index is -3.70. The van der Waals surface area contributed by atoms with E-state index in [2.05, 4.69) is 15.6 Å². The Balaban J connectivity index is 1.63. The predicted octanol–water partition coefficient (Wildman–Crippen LogP) is 3.06. The van der Waals surface area contributed by atoms with Gasteiger partial charge in [0.25, 0.3) is 0 Å². The van der Waals surface area contributed by atoms with Gasteiger partial charge in [0.15, 0.2) is 5.96 Å². The largest absolute Gasteiger partial charge is 0.469 e. The summed E-state index contributed by atoms with van der Waals surface area (Å²) in [7, 11) is -3.70. The molecule has 1 aromatic heterocycles. The SMILES string of the molecule is NS(=O)(=O)c1ccc(CNC(=NCc2ccc(Cl)cc2)NCCc2ccco2)cc1. The van der Waals surface area contributed by atoms with Crippen LogP contribution in [0, 0.1) is 0 Å². The van der Waals surface area contributed by atoms with Crippen molar-refractivity contribution in [3.63, 3.8) is 0 Å². The molecule has 4 N–H and O–H groups in total. The maximum atomic E-state index is 11.4. The number of nitrogens with zero attached hydrogens (tertiary/aromatic N) is 1. The molecule has 0 atom stereocenters. The topological polar surface area (TPSA) is 110 Å². The Morgan fingerprint density at radius 3 is 2.33 bits per heavy atom.